The van der Waals surface area contributed by atoms with E-state index in [4.69, 9.17) is 5.14 Å². The first-order valence-electron chi connectivity index (χ1n) is 9.46. The average Bonchev–Trinajstić information content (AvgIpc) is 3.03. The van der Waals surface area contributed by atoms with Crippen LogP contribution in [-0.4, -0.2) is 11.1 Å². The Morgan fingerprint density at radius 1 is 1.27 bits per heavy atom. The van der Waals surface area contributed by atoms with Crippen molar-refractivity contribution >= 4 is 33.9 Å². The first-order valence-corrected chi connectivity index (χ1v) is 11.5. The first-order chi connectivity index (χ1) is 13.8. The van der Waals surface area contributed by atoms with Gasteiger partial charge in [-0.25, -0.2) is 9.18 Å². The molecular formula is C21H27FN4O2S2. The molecule has 0 bridgehead atoms. The highest BCUT2D eigenvalue weighted by atomic mass is 32.2. The lowest BCUT2D eigenvalue weighted by molar-refractivity contribution is 0.0823. The molecule has 1 unspecified atom stereocenters. The number of hydrogen-bond acceptors (Lipinski definition) is 4. The van der Waals surface area contributed by atoms with Gasteiger partial charge >= 0.3 is 6.03 Å². The number of nitrogens with zero attached hydrogens (tertiary/aromatic N) is 2. The van der Waals surface area contributed by atoms with E-state index in [0.29, 0.717) is 16.1 Å². The molecule has 0 aliphatic rings. The molecule has 162 valence electrons. The normalized spacial score (nSPS) is 13.0. The molecule has 0 aliphatic carbocycles. The number of carbonyl (C=O) groups excluding carboxylic acids is 1. The van der Waals surface area contributed by atoms with E-state index in [1.54, 1.807) is 26.0 Å². The predicted octanol–water partition coefficient (Wildman–Crippen LogP) is 5.50. The molecule has 6 nitrogen and oxygen atoms in total. The van der Waals surface area contributed by atoms with Gasteiger partial charge in [0.2, 0.25) is 0 Å². The molecule has 0 fully saturated rings. The summed E-state index contributed by atoms with van der Waals surface area (Å²) in [7, 11) is -1.51. The molecule has 30 heavy (non-hydrogen) atoms. The molecule has 2 aromatic rings. The maximum absolute atomic E-state index is 14.3. The molecule has 0 spiro atoms. The van der Waals surface area contributed by atoms with Gasteiger partial charge in [0, 0.05) is 21.4 Å². The lowest BCUT2D eigenvalue weighted by Crippen LogP contribution is -2.15. The first kappa shape index (κ1) is 24.2. The largest absolute Gasteiger partial charge is 0.385 e. The number of nitriles is 1. The van der Waals surface area contributed by atoms with Crippen LogP contribution in [0.2, 0.25) is 0 Å². The third kappa shape index (κ3) is 5.52. The van der Waals surface area contributed by atoms with Crippen molar-refractivity contribution in [3.05, 3.63) is 45.6 Å². The highest BCUT2D eigenvalue weighted by molar-refractivity contribution is 7.87. The van der Waals surface area contributed by atoms with Gasteiger partial charge in [0.05, 0.1) is 17.2 Å². The highest BCUT2D eigenvalue weighted by Gasteiger charge is 2.23. The Morgan fingerprint density at radius 2 is 1.80 bits per heavy atom. The number of halogens is 1. The third-order valence-corrected chi connectivity index (χ3v) is 7.35. The van der Waals surface area contributed by atoms with Gasteiger partial charge in [0.1, 0.15) is 10.0 Å². The Hall–Kier alpha value is -2.12. The molecule has 0 saturated carbocycles. The minimum Gasteiger partial charge on any atom is -0.385 e. The van der Waals surface area contributed by atoms with Crippen LogP contribution in [0.4, 0.5) is 14.9 Å². The molecular weight excluding hydrogens is 423 g/mol. The summed E-state index contributed by atoms with van der Waals surface area (Å²) in [6.07, 6.45) is 0. The van der Waals surface area contributed by atoms with Crippen LogP contribution in [0, 0.1) is 17.1 Å². The SMILES string of the molecule is CC(C)c1cc(C#N)cc(C(C)C)c1NC(=O)N=S(N)c1sc(C(C)(C)O)cc1F. The zero-order chi connectivity index (χ0) is 22.8. The van der Waals surface area contributed by atoms with Crippen LogP contribution < -0.4 is 10.5 Å². The molecule has 0 radical (unpaired) electrons. The van der Waals surface area contributed by atoms with Crippen LogP contribution >= 0.6 is 11.3 Å². The van der Waals surface area contributed by atoms with Gasteiger partial charge in [-0.2, -0.15) is 9.62 Å². The van der Waals surface area contributed by atoms with Crippen molar-refractivity contribution in [3.8, 4) is 6.07 Å². The van der Waals surface area contributed by atoms with Gasteiger partial charge in [-0.15, -0.1) is 11.3 Å². The molecule has 0 aliphatic heterocycles. The van der Waals surface area contributed by atoms with Gasteiger partial charge in [0.15, 0.2) is 0 Å². The van der Waals surface area contributed by atoms with Crippen LogP contribution in [0.25, 0.3) is 0 Å². The van der Waals surface area contributed by atoms with Crippen LogP contribution in [0.1, 0.15) is 74.9 Å². The van der Waals surface area contributed by atoms with Crippen LogP contribution in [0.15, 0.2) is 26.8 Å². The lowest BCUT2D eigenvalue weighted by Gasteiger charge is -2.20. The quantitative estimate of drug-likeness (QED) is 0.558. The minimum absolute atomic E-state index is 0.0614. The highest BCUT2D eigenvalue weighted by Crippen LogP contribution is 2.35. The topological polar surface area (TPSA) is 112 Å². The fraction of sp³-hybridized carbons (Fsp3) is 0.429. The zero-order valence-electron chi connectivity index (χ0n) is 17.9. The van der Waals surface area contributed by atoms with Gasteiger partial charge < -0.3 is 10.4 Å². The summed E-state index contributed by atoms with van der Waals surface area (Å²) in [4.78, 5) is 13.0. The fourth-order valence-electron chi connectivity index (χ4n) is 2.86. The molecule has 2 rings (SSSR count). The monoisotopic (exact) mass is 450 g/mol. The molecule has 1 aromatic carbocycles. The summed E-state index contributed by atoms with van der Waals surface area (Å²) in [5.41, 5.74) is 1.57. The number of nitrogens with one attached hydrogen (secondary N) is 1. The molecule has 1 atom stereocenters. The van der Waals surface area contributed by atoms with E-state index in [-0.39, 0.29) is 16.0 Å². The van der Waals surface area contributed by atoms with E-state index in [2.05, 4.69) is 15.7 Å². The summed E-state index contributed by atoms with van der Waals surface area (Å²) < 4.78 is 18.3. The number of hydrogen-bond donors (Lipinski definition) is 3. The number of rotatable bonds is 5. The number of aliphatic hydroxyl groups is 1. The van der Waals surface area contributed by atoms with E-state index in [1.807, 2.05) is 27.7 Å². The summed E-state index contributed by atoms with van der Waals surface area (Å²) in [6, 6.07) is 6.19. The van der Waals surface area contributed by atoms with Crippen molar-refractivity contribution in [1.82, 2.24) is 0 Å². The number of amides is 2. The van der Waals surface area contributed by atoms with Gasteiger partial charge in [-0.1, -0.05) is 27.7 Å². The summed E-state index contributed by atoms with van der Waals surface area (Å²) in [5.74, 6) is -0.471. The van der Waals surface area contributed by atoms with Gasteiger partial charge in [0.25, 0.3) is 0 Å². The lowest BCUT2D eigenvalue weighted by atomic mass is 9.90. The van der Waals surface area contributed by atoms with Crippen molar-refractivity contribution in [2.45, 2.75) is 63.2 Å². The molecule has 1 aromatic heterocycles. The van der Waals surface area contributed by atoms with E-state index in [0.717, 1.165) is 22.5 Å². The summed E-state index contributed by atoms with van der Waals surface area (Å²) in [5, 5.41) is 28.2. The van der Waals surface area contributed by atoms with Crippen LogP contribution in [0.3, 0.4) is 0 Å². The van der Waals surface area contributed by atoms with Crippen molar-refractivity contribution in [1.29, 1.82) is 5.26 Å². The molecule has 4 N–H and O–H groups in total. The summed E-state index contributed by atoms with van der Waals surface area (Å²) >= 11 is 0.996. The fourth-order valence-corrected chi connectivity index (χ4v) is 4.92. The van der Waals surface area contributed by atoms with Crippen molar-refractivity contribution in [2.75, 3.05) is 5.32 Å². The number of thiophene rings is 1. The minimum atomic E-state index is -1.51. The average molecular weight is 451 g/mol. The molecule has 9 heteroatoms. The third-order valence-electron chi connectivity index (χ3n) is 4.43. The van der Waals surface area contributed by atoms with Gasteiger partial charge in [-0.3, -0.25) is 5.14 Å². The number of nitrogens with two attached hydrogens (primary N) is 1. The van der Waals surface area contributed by atoms with E-state index < -0.39 is 28.3 Å². The smallest absolute Gasteiger partial charge is 0.352 e. The van der Waals surface area contributed by atoms with E-state index in [1.165, 1.54) is 6.07 Å². The van der Waals surface area contributed by atoms with Crippen molar-refractivity contribution in [3.63, 3.8) is 0 Å². The Bertz CT molecular complexity index is 1000. The van der Waals surface area contributed by atoms with Crippen LogP contribution in [0.5, 0.6) is 0 Å². The van der Waals surface area contributed by atoms with E-state index >= 15 is 0 Å². The molecule has 2 amide bonds. The number of anilines is 1. The van der Waals surface area contributed by atoms with Gasteiger partial charge in [-0.05, 0) is 55.0 Å². The Kier molecular flexibility index (Phi) is 7.53. The Labute approximate surface area is 183 Å². The maximum atomic E-state index is 14.3. The van der Waals surface area contributed by atoms with Crippen LogP contribution in [-0.2, 0) is 16.5 Å². The Morgan fingerprint density at radius 3 is 2.20 bits per heavy atom. The second-order valence-corrected chi connectivity index (χ2v) is 10.6. The number of benzene rings is 1. The van der Waals surface area contributed by atoms with Crippen molar-refractivity contribution in [2.24, 2.45) is 9.50 Å². The zero-order valence-corrected chi connectivity index (χ0v) is 19.5. The predicted molar refractivity (Wildman–Crippen MR) is 120 cm³/mol. The maximum Gasteiger partial charge on any atom is 0.352 e. The molecule has 0 saturated heterocycles. The second kappa shape index (κ2) is 9.35. The van der Waals surface area contributed by atoms with E-state index in [9.17, 15) is 19.6 Å². The van der Waals surface area contributed by atoms with Crippen molar-refractivity contribution < 1.29 is 14.3 Å². The Balaban J connectivity index is 2.43. The summed E-state index contributed by atoms with van der Waals surface area (Å²) in [6.45, 7) is 11.0. The standard InChI is InChI=1S/C21H27FN4O2S2/c1-11(2)14-7-13(10-23)8-15(12(3)4)18(14)25-20(27)26-30(24)19-16(22)9-17(29-19)21(5,6)28/h7-9,11-12,28H,1-6H3,(H3,24,25,26,27). The molecule has 1 heterocycles. The second-order valence-electron chi connectivity index (χ2n) is 8.09. The number of urea groups is 1. The number of carbonyl (C=O) groups is 1.